The van der Waals surface area contributed by atoms with E-state index < -0.39 is 17.2 Å². The fourth-order valence-corrected chi connectivity index (χ4v) is 4.76. The van der Waals surface area contributed by atoms with Crippen LogP contribution >= 0.6 is 0 Å². The normalized spacial score (nSPS) is 11.1. The minimum absolute atomic E-state index is 0.0365. The molecule has 0 aliphatic rings. The van der Waals surface area contributed by atoms with Gasteiger partial charge in [-0.2, -0.15) is 0 Å². The molecule has 0 fully saturated rings. The molecule has 0 aliphatic carbocycles. The summed E-state index contributed by atoms with van der Waals surface area (Å²) >= 11 is 0. The van der Waals surface area contributed by atoms with E-state index in [4.69, 9.17) is 14.2 Å². The van der Waals surface area contributed by atoms with Gasteiger partial charge in [-0.25, -0.2) is 13.8 Å². The smallest absolute Gasteiger partial charge is 0.200 e. The first-order chi connectivity index (χ1) is 22.6. The van der Waals surface area contributed by atoms with Gasteiger partial charge in [-0.15, -0.1) is 0 Å². The number of pyridine rings is 3. The SMILES string of the molecule is CC.COc1cc2c(Oc3ccc(Nc4nccc5[nH]cc(-c6ccc(F)cc6)c(=O)c45)cc3F)ccnc2cc1OCC(C)(C)O. The molecule has 3 N–H and O–H groups in total. The first kappa shape index (κ1) is 32.8. The Hall–Kier alpha value is -5.55. The second kappa shape index (κ2) is 13.8. The van der Waals surface area contributed by atoms with Crippen molar-refractivity contribution >= 4 is 33.3 Å². The van der Waals surface area contributed by atoms with Crippen LogP contribution in [0.5, 0.6) is 23.0 Å². The Morgan fingerprint density at radius 3 is 2.34 bits per heavy atom. The molecule has 0 aliphatic heterocycles. The second-order valence-electron chi connectivity index (χ2n) is 10.9. The van der Waals surface area contributed by atoms with Crippen LogP contribution in [-0.2, 0) is 0 Å². The Morgan fingerprint density at radius 1 is 0.894 bits per heavy atom. The molecular formula is C36H34F2N4O5. The van der Waals surface area contributed by atoms with Crippen LogP contribution in [0.25, 0.3) is 32.9 Å². The summed E-state index contributed by atoms with van der Waals surface area (Å²) < 4.78 is 46.0. The summed E-state index contributed by atoms with van der Waals surface area (Å²) in [6.45, 7) is 7.29. The quantitative estimate of drug-likeness (QED) is 0.145. The van der Waals surface area contributed by atoms with Gasteiger partial charge in [0.1, 0.15) is 24.0 Å². The lowest BCUT2D eigenvalue weighted by Gasteiger charge is -2.19. The van der Waals surface area contributed by atoms with Crippen LogP contribution in [-0.4, -0.2) is 39.4 Å². The summed E-state index contributed by atoms with van der Waals surface area (Å²) in [5, 5.41) is 13.9. The number of rotatable bonds is 9. The second-order valence-corrected chi connectivity index (χ2v) is 10.9. The number of fused-ring (bicyclic) bond motifs is 2. The molecule has 0 saturated carbocycles. The summed E-state index contributed by atoms with van der Waals surface area (Å²) in [4.78, 5) is 25.3. The van der Waals surface area contributed by atoms with Crippen LogP contribution in [0.2, 0.25) is 0 Å². The van der Waals surface area contributed by atoms with E-state index in [1.165, 1.54) is 55.9 Å². The molecule has 0 spiro atoms. The number of nitrogens with zero attached hydrogens (tertiary/aromatic N) is 2. The molecule has 0 radical (unpaired) electrons. The monoisotopic (exact) mass is 640 g/mol. The van der Waals surface area contributed by atoms with Gasteiger partial charge in [0.05, 0.1) is 29.1 Å². The molecule has 0 atom stereocenters. The molecule has 6 aromatic rings. The molecule has 3 heterocycles. The lowest BCUT2D eigenvalue weighted by molar-refractivity contribution is 0.0277. The molecule has 242 valence electrons. The van der Waals surface area contributed by atoms with Gasteiger partial charge in [0.2, 0.25) is 5.43 Å². The first-order valence-electron chi connectivity index (χ1n) is 14.9. The maximum atomic E-state index is 15.4. The summed E-state index contributed by atoms with van der Waals surface area (Å²) in [7, 11) is 1.49. The van der Waals surface area contributed by atoms with Gasteiger partial charge in [-0.1, -0.05) is 26.0 Å². The molecule has 3 aromatic carbocycles. The highest BCUT2D eigenvalue weighted by molar-refractivity contribution is 5.93. The Morgan fingerprint density at radius 2 is 1.64 bits per heavy atom. The molecule has 0 saturated heterocycles. The van der Waals surface area contributed by atoms with Gasteiger partial charge < -0.3 is 29.6 Å². The van der Waals surface area contributed by atoms with E-state index in [0.717, 1.165) is 0 Å². The summed E-state index contributed by atoms with van der Waals surface area (Å²) in [6, 6.07) is 16.5. The van der Waals surface area contributed by atoms with Crippen LogP contribution in [0.4, 0.5) is 20.3 Å². The van der Waals surface area contributed by atoms with E-state index in [1.54, 1.807) is 50.4 Å². The number of anilines is 2. The van der Waals surface area contributed by atoms with Gasteiger partial charge in [-0.05, 0) is 61.9 Å². The highest BCUT2D eigenvalue weighted by Gasteiger charge is 2.18. The molecule has 11 heteroatoms. The number of methoxy groups -OCH3 is 1. The largest absolute Gasteiger partial charge is 0.493 e. The number of nitrogens with one attached hydrogen (secondary N) is 2. The Bertz CT molecular complexity index is 2090. The topological polar surface area (TPSA) is 119 Å². The van der Waals surface area contributed by atoms with Crippen molar-refractivity contribution in [2.75, 3.05) is 19.0 Å². The van der Waals surface area contributed by atoms with Gasteiger partial charge in [0, 0.05) is 47.4 Å². The van der Waals surface area contributed by atoms with Crippen LogP contribution in [0.1, 0.15) is 27.7 Å². The highest BCUT2D eigenvalue weighted by Crippen LogP contribution is 2.38. The van der Waals surface area contributed by atoms with Crippen molar-refractivity contribution in [3.8, 4) is 34.1 Å². The van der Waals surface area contributed by atoms with Gasteiger partial charge >= 0.3 is 0 Å². The number of ether oxygens (including phenoxy) is 3. The van der Waals surface area contributed by atoms with E-state index in [2.05, 4.69) is 20.3 Å². The average Bonchev–Trinajstić information content (AvgIpc) is 3.06. The van der Waals surface area contributed by atoms with E-state index >= 15 is 4.39 Å². The fraction of sp³-hybridized carbons (Fsp3) is 0.194. The van der Waals surface area contributed by atoms with Crippen molar-refractivity contribution in [1.82, 2.24) is 15.0 Å². The number of hydrogen-bond donors (Lipinski definition) is 3. The number of aliphatic hydroxyl groups is 1. The fourth-order valence-electron chi connectivity index (χ4n) is 4.76. The molecule has 0 amide bonds. The predicted octanol–water partition coefficient (Wildman–Crippen LogP) is 8.14. The van der Waals surface area contributed by atoms with Crippen LogP contribution in [0.15, 0.2) is 90.1 Å². The third-order valence-electron chi connectivity index (χ3n) is 6.93. The molecule has 6 rings (SSSR count). The maximum absolute atomic E-state index is 15.4. The molecular weight excluding hydrogens is 606 g/mol. The molecule has 0 bridgehead atoms. The summed E-state index contributed by atoms with van der Waals surface area (Å²) in [5.74, 6) is 0.227. The van der Waals surface area contributed by atoms with Crippen LogP contribution < -0.4 is 25.0 Å². The van der Waals surface area contributed by atoms with E-state index in [1.807, 2.05) is 13.8 Å². The van der Waals surface area contributed by atoms with Gasteiger partial charge in [-0.3, -0.25) is 9.78 Å². The van der Waals surface area contributed by atoms with Crippen LogP contribution in [0.3, 0.4) is 0 Å². The number of aromatic amines is 1. The lowest BCUT2D eigenvalue weighted by Crippen LogP contribution is -2.27. The Balaban J connectivity index is 0.00000213. The minimum atomic E-state index is -1.05. The third-order valence-corrected chi connectivity index (χ3v) is 6.93. The zero-order valence-corrected chi connectivity index (χ0v) is 26.5. The van der Waals surface area contributed by atoms with Crippen molar-refractivity contribution in [3.63, 3.8) is 0 Å². The number of H-pyrrole nitrogens is 1. The highest BCUT2D eigenvalue weighted by atomic mass is 19.1. The number of halogens is 2. The minimum Gasteiger partial charge on any atom is -0.493 e. The molecule has 0 unspecified atom stereocenters. The van der Waals surface area contributed by atoms with Gasteiger partial charge in [0.15, 0.2) is 23.1 Å². The molecule has 47 heavy (non-hydrogen) atoms. The zero-order valence-electron chi connectivity index (χ0n) is 26.5. The van der Waals surface area contributed by atoms with E-state index in [9.17, 15) is 14.3 Å². The number of hydrogen-bond acceptors (Lipinski definition) is 8. The standard InChI is InChI=1S/C34H28F2N4O5.C2H6/c1-34(2,42)18-44-30-16-26-22(15-29(30)43-3)27(11-13-37-26)45-28-9-8-21(14-24(28)36)40-33-31-25(10-12-38-33)39-17-23(32(31)41)19-4-6-20(35)7-5-19;1-2/h4-17,42H,18H2,1-3H3,(H,38,40)(H,39,41);1-2H3. The van der Waals surface area contributed by atoms with E-state index in [0.29, 0.717) is 50.5 Å². The lowest BCUT2D eigenvalue weighted by atomic mass is 10.0. The Kier molecular flexibility index (Phi) is 9.67. The maximum Gasteiger partial charge on any atom is 0.200 e. The van der Waals surface area contributed by atoms with Crippen molar-refractivity contribution in [2.45, 2.75) is 33.3 Å². The molecule has 3 aromatic heterocycles. The summed E-state index contributed by atoms with van der Waals surface area (Å²) in [6.07, 6.45) is 4.62. The van der Waals surface area contributed by atoms with E-state index in [-0.39, 0.29) is 29.0 Å². The van der Waals surface area contributed by atoms with Crippen molar-refractivity contribution in [2.24, 2.45) is 0 Å². The zero-order chi connectivity index (χ0) is 33.7. The van der Waals surface area contributed by atoms with Crippen molar-refractivity contribution < 1.29 is 28.1 Å². The Labute approximate surface area is 269 Å². The van der Waals surface area contributed by atoms with Crippen molar-refractivity contribution in [1.29, 1.82) is 0 Å². The summed E-state index contributed by atoms with van der Waals surface area (Å²) in [5.41, 5.74) is 0.888. The average molecular weight is 641 g/mol. The number of benzene rings is 3. The number of aromatic nitrogens is 3. The predicted molar refractivity (Wildman–Crippen MR) is 179 cm³/mol. The first-order valence-corrected chi connectivity index (χ1v) is 14.9. The van der Waals surface area contributed by atoms with Crippen LogP contribution in [0, 0.1) is 11.6 Å². The van der Waals surface area contributed by atoms with Gasteiger partial charge in [0.25, 0.3) is 0 Å². The molecule has 9 nitrogen and oxygen atoms in total. The third kappa shape index (κ3) is 7.31. The van der Waals surface area contributed by atoms with Crippen molar-refractivity contribution in [3.05, 3.63) is 107 Å².